The van der Waals surface area contributed by atoms with Crippen LogP contribution in [0.5, 0.6) is 0 Å². The number of alkyl halides is 23. The Morgan fingerprint density at radius 1 is 0.417 bits per heavy atom. The molecule has 0 bridgehead atoms. The van der Waals surface area contributed by atoms with Crippen molar-refractivity contribution in [3.05, 3.63) is 0 Å². The molecule has 0 saturated heterocycles. The second-order valence-corrected chi connectivity index (χ2v) is 6.41. The summed E-state index contributed by atoms with van der Waals surface area (Å²) in [5.41, 5.74) is 0. The molecule has 0 fully saturated rings. The molecule has 0 rings (SSSR count). The van der Waals surface area contributed by atoms with Crippen LogP contribution in [0, 0.1) is 0 Å². The van der Waals surface area contributed by atoms with Crippen LogP contribution in [0.3, 0.4) is 0 Å². The monoisotopic (exact) mass is 600 g/mol. The molecular weight excluding hydrogens is 597 g/mol. The molecular formula is C12H3F23O. The van der Waals surface area contributed by atoms with Gasteiger partial charge in [-0.3, -0.25) is 0 Å². The second-order valence-electron chi connectivity index (χ2n) is 6.41. The summed E-state index contributed by atoms with van der Waals surface area (Å²) < 4.78 is 293. The lowest BCUT2D eigenvalue weighted by atomic mass is 9.94. The Labute approximate surface area is 180 Å². The van der Waals surface area contributed by atoms with E-state index in [1.165, 1.54) is 0 Å². The molecule has 1 nitrogen and oxygen atoms in total. The lowest BCUT2D eigenvalue weighted by Gasteiger charge is -2.40. The zero-order valence-corrected chi connectivity index (χ0v) is 15.4. The lowest BCUT2D eigenvalue weighted by Crippen LogP contribution is -2.70. The first-order valence-electron chi connectivity index (χ1n) is 7.55. The van der Waals surface area contributed by atoms with E-state index in [1.807, 2.05) is 4.74 Å². The van der Waals surface area contributed by atoms with Crippen molar-refractivity contribution in [2.45, 2.75) is 66.1 Å². The fraction of sp³-hybridized carbons (Fsp3) is 1.00. The molecule has 36 heavy (non-hydrogen) atoms. The van der Waals surface area contributed by atoms with Gasteiger partial charge in [0.05, 0.1) is 0 Å². The van der Waals surface area contributed by atoms with Crippen molar-refractivity contribution < 1.29 is 106 Å². The molecule has 0 saturated carbocycles. The predicted octanol–water partition coefficient (Wildman–Crippen LogP) is 7.51. The van der Waals surface area contributed by atoms with Gasteiger partial charge >= 0.3 is 59.9 Å². The van der Waals surface area contributed by atoms with Crippen molar-refractivity contribution in [1.29, 1.82) is 0 Å². The first-order valence-corrected chi connectivity index (χ1v) is 7.55. The van der Waals surface area contributed by atoms with Crippen LogP contribution >= 0.6 is 0 Å². The van der Waals surface area contributed by atoms with Crippen LogP contribution in [0.2, 0.25) is 0 Å². The van der Waals surface area contributed by atoms with E-state index in [-0.39, 0.29) is 0 Å². The van der Waals surface area contributed by atoms with E-state index in [4.69, 9.17) is 0 Å². The zero-order valence-electron chi connectivity index (χ0n) is 15.4. The van der Waals surface area contributed by atoms with Gasteiger partial charge in [0.2, 0.25) is 0 Å². The van der Waals surface area contributed by atoms with Crippen LogP contribution in [0.15, 0.2) is 0 Å². The maximum Gasteiger partial charge on any atom is 0.460 e. The van der Waals surface area contributed by atoms with Gasteiger partial charge in [-0.05, 0) is 0 Å². The average molecular weight is 600 g/mol. The maximum absolute atomic E-state index is 13.2. The van der Waals surface area contributed by atoms with Gasteiger partial charge in [0, 0.05) is 0 Å². The van der Waals surface area contributed by atoms with Gasteiger partial charge in [-0.2, -0.15) is 96.6 Å². The first kappa shape index (κ1) is 34.4. The summed E-state index contributed by atoms with van der Waals surface area (Å²) >= 11 is 0. The van der Waals surface area contributed by atoms with Crippen LogP contribution in [-0.2, 0) is 4.74 Å². The normalized spacial score (nSPS) is 17.4. The summed E-state index contributed by atoms with van der Waals surface area (Å²) in [6.07, 6.45) is -29.1. The molecule has 0 aliphatic rings. The summed E-state index contributed by atoms with van der Waals surface area (Å²) in [6, 6.07) is 0. The molecule has 1 atom stereocenters. The third-order valence-corrected chi connectivity index (χ3v) is 3.83. The van der Waals surface area contributed by atoms with E-state index in [2.05, 4.69) is 0 Å². The van der Waals surface area contributed by atoms with Gasteiger partial charge < -0.3 is 4.74 Å². The van der Waals surface area contributed by atoms with Crippen molar-refractivity contribution in [3.63, 3.8) is 0 Å². The number of hydrogen-bond donors (Lipinski definition) is 0. The third-order valence-electron chi connectivity index (χ3n) is 3.83. The molecule has 0 aliphatic carbocycles. The smallest absolute Gasteiger partial charge is 0.311 e. The fourth-order valence-electron chi connectivity index (χ4n) is 1.71. The summed E-state index contributed by atoms with van der Waals surface area (Å²) in [6.45, 7) is -4.52. The molecule has 218 valence electrons. The minimum atomic E-state index is -8.58. The fourth-order valence-corrected chi connectivity index (χ4v) is 1.71. The Morgan fingerprint density at radius 3 is 1.03 bits per heavy atom. The molecule has 0 heterocycles. The molecule has 0 aromatic carbocycles. The molecule has 0 radical (unpaired) electrons. The predicted molar refractivity (Wildman–Crippen MR) is 62.5 cm³/mol. The summed E-state index contributed by atoms with van der Waals surface area (Å²) in [7, 11) is 0. The second kappa shape index (κ2) is 8.70. The van der Waals surface area contributed by atoms with Crippen molar-refractivity contribution in [2.24, 2.45) is 0 Å². The van der Waals surface area contributed by atoms with Gasteiger partial charge in [0.1, 0.15) is 6.61 Å². The van der Waals surface area contributed by atoms with Crippen molar-refractivity contribution in [3.8, 4) is 0 Å². The maximum atomic E-state index is 13.2. The van der Waals surface area contributed by atoms with Crippen LogP contribution in [0.1, 0.15) is 0 Å². The Kier molecular flexibility index (Phi) is 8.30. The highest BCUT2D eigenvalue weighted by atomic mass is 19.4. The van der Waals surface area contributed by atoms with E-state index in [9.17, 15) is 101 Å². The highest BCUT2D eigenvalue weighted by molar-refractivity contribution is 5.10. The topological polar surface area (TPSA) is 9.23 Å². The highest BCUT2D eigenvalue weighted by Gasteiger charge is 2.91. The Bertz CT molecular complexity index is 771. The number of halogens is 23. The number of ether oxygens (including phenoxy) is 1. The molecule has 0 spiro atoms. The van der Waals surface area contributed by atoms with Crippen LogP contribution in [-0.4, -0.2) is 72.7 Å². The Balaban J connectivity index is 6.23. The minimum Gasteiger partial charge on any atom is -0.311 e. The molecule has 24 heteroatoms. The standard InChI is InChI=1S/C12H3F23O/c13-2(4(16,17)7(22,23)11(30,31)32)5(18,19)36-1-3(14,15)6(20,21)8(24,25)9(26,27)10(28,29)12(33,34)35/h2H,1H2. The van der Waals surface area contributed by atoms with Gasteiger partial charge in [-0.15, -0.1) is 0 Å². The minimum absolute atomic E-state index is 1.89. The largest absolute Gasteiger partial charge is 0.460 e. The van der Waals surface area contributed by atoms with Gasteiger partial charge in [-0.25, -0.2) is 4.39 Å². The number of hydrogen-bond acceptors (Lipinski definition) is 1. The van der Waals surface area contributed by atoms with Crippen molar-refractivity contribution in [1.82, 2.24) is 0 Å². The first-order chi connectivity index (χ1) is 15.1. The quantitative estimate of drug-likeness (QED) is 0.236. The molecule has 0 N–H and O–H groups in total. The summed E-state index contributed by atoms with van der Waals surface area (Å²) in [4.78, 5) is 0. The van der Waals surface area contributed by atoms with E-state index in [0.717, 1.165) is 0 Å². The van der Waals surface area contributed by atoms with Crippen LogP contribution in [0.4, 0.5) is 101 Å². The molecule has 0 amide bonds. The van der Waals surface area contributed by atoms with Crippen molar-refractivity contribution in [2.75, 3.05) is 6.61 Å². The van der Waals surface area contributed by atoms with Crippen LogP contribution in [0.25, 0.3) is 0 Å². The number of rotatable bonds is 10. The molecule has 0 aromatic heterocycles. The highest BCUT2D eigenvalue weighted by Crippen LogP contribution is 2.60. The van der Waals surface area contributed by atoms with Crippen LogP contribution < -0.4 is 0 Å². The summed E-state index contributed by atoms with van der Waals surface area (Å²) in [5.74, 6) is -56.7. The summed E-state index contributed by atoms with van der Waals surface area (Å²) in [5, 5.41) is 0. The van der Waals surface area contributed by atoms with E-state index >= 15 is 0 Å². The SMILES string of the molecule is FC(C(F)(F)OCC(F)(F)C(F)(F)C(F)(F)C(F)(F)C(F)(F)C(F)(F)F)C(F)(F)C(F)(F)C(F)(F)F. The Hall–Kier alpha value is -1.65. The lowest BCUT2D eigenvalue weighted by molar-refractivity contribution is -0.446. The van der Waals surface area contributed by atoms with Gasteiger partial charge in [0.15, 0.2) is 0 Å². The third kappa shape index (κ3) is 4.92. The van der Waals surface area contributed by atoms with E-state index in [1.54, 1.807) is 0 Å². The molecule has 0 aromatic rings. The Morgan fingerprint density at radius 2 is 0.722 bits per heavy atom. The molecule has 0 aliphatic heterocycles. The molecule has 1 unspecified atom stereocenters. The van der Waals surface area contributed by atoms with E-state index in [0.29, 0.717) is 0 Å². The van der Waals surface area contributed by atoms with Gasteiger partial charge in [-0.1, -0.05) is 0 Å². The zero-order chi connectivity index (χ0) is 30.0. The van der Waals surface area contributed by atoms with Crippen molar-refractivity contribution >= 4 is 0 Å². The van der Waals surface area contributed by atoms with Gasteiger partial charge in [0.25, 0.3) is 6.17 Å². The average Bonchev–Trinajstić information content (AvgIpc) is 2.63. The van der Waals surface area contributed by atoms with E-state index < -0.39 is 72.7 Å².